The number of hydrogen-bond donors (Lipinski definition) is 2. The second-order valence-corrected chi connectivity index (χ2v) is 4.67. The van der Waals surface area contributed by atoms with Crippen LogP contribution in [0.3, 0.4) is 0 Å². The van der Waals surface area contributed by atoms with Gasteiger partial charge >= 0.3 is 0 Å². The summed E-state index contributed by atoms with van der Waals surface area (Å²) in [5.74, 6) is 0. The summed E-state index contributed by atoms with van der Waals surface area (Å²) in [5, 5.41) is 11.0. The fourth-order valence-electron chi connectivity index (χ4n) is 1.92. The Balaban J connectivity index is 2.24. The van der Waals surface area contributed by atoms with Crippen molar-refractivity contribution in [3.63, 3.8) is 0 Å². The fraction of sp³-hybridized carbons (Fsp3) is 0.200. The molecule has 0 amide bonds. The van der Waals surface area contributed by atoms with Crippen LogP contribution in [-0.2, 0) is 6.42 Å². The van der Waals surface area contributed by atoms with E-state index in [0.717, 1.165) is 23.1 Å². The van der Waals surface area contributed by atoms with Gasteiger partial charge in [0.15, 0.2) is 0 Å². The molecule has 0 heterocycles. The van der Waals surface area contributed by atoms with Crippen LogP contribution in [0, 0.1) is 0 Å². The lowest BCUT2D eigenvalue weighted by molar-refractivity contribution is 0.220. The maximum Gasteiger partial charge on any atom is 0.104 e. The number of aliphatic hydroxyl groups is 1. The molecule has 2 nitrogen and oxygen atoms in total. The Morgan fingerprint density at radius 3 is 2.44 bits per heavy atom. The maximum atomic E-state index is 10.3. The Labute approximate surface area is 112 Å². The molecule has 0 aliphatic rings. The topological polar surface area (TPSA) is 46.2 Å². The van der Waals surface area contributed by atoms with Crippen molar-refractivity contribution in [3.05, 3.63) is 70.2 Å². The first kappa shape index (κ1) is 13.1. The lowest BCUT2D eigenvalue weighted by atomic mass is 9.99. The number of nitrogens with two attached hydrogens (primary N) is 1. The summed E-state index contributed by atoms with van der Waals surface area (Å²) in [7, 11) is 0. The molecular weight excluding hydrogens is 246 g/mol. The molecule has 3 N–H and O–H groups in total. The van der Waals surface area contributed by atoms with Crippen LogP contribution in [0.5, 0.6) is 0 Å². The van der Waals surface area contributed by atoms with E-state index in [1.54, 1.807) is 12.1 Å². The number of benzene rings is 2. The molecule has 0 spiro atoms. The van der Waals surface area contributed by atoms with Crippen LogP contribution >= 0.6 is 11.6 Å². The second-order valence-electron chi connectivity index (χ2n) is 4.24. The van der Waals surface area contributed by atoms with E-state index in [9.17, 15) is 5.11 Å². The molecule has 18 heavy (non-hydrogen) atoms. The molecule has 0 saturated carbocycles. The first-order chi connectivity index (χ1) is 8.70. The Hall–Kier alpha value is -1.35. The summed E-state index contributed by atoms with van der Waals surface area (Å²) >= 11 is 5.83. The van der Waals surface area contributed by atoms with Crippen molar-refractivity contribution in [2.24, 2.45) is 5.73 Å². The first-order valence-corrected chi connectivity index (χ1v) is 6.31. The molecule has 3 heteroatoms. The average molecular weight is 262 g/mol. The van der Waals surface area contributed by atoms with Gasteiger partial charge in [-0.2, -0.15) is 0 Å². The highest BCUT2D eigenvalue weighted by molar-refractivity contribution is 6.30. The highest BCUT2D eigenvalue weighted by Gasteiger charge is 2.10. The van der Waals surface area contributed by atoms with Crippen LogP contribution in [-0.4, -0.2) is 11.7 Å². The van der Waals surface area contributed by atoms with Gasteiger partial charge in [0, 0.05) is 5.02 Å². The summed E-state index contributed by atoms with van der Waals surface area (Å²) in [5.41, 5.74) is 8.39. The molecule has 2 aromatic carbocycles. The number of aliphatic hydroxyl groups excluding tert-OH is 1. The van der Waals surface area contributed by atoms with E-state index in [-0.39, 0.29) is 0 Å². The molecule has 1 atom stereocenters. The third kappa shape index (κ3) is 3.10. The standard InChI is InChI=1S/C15H16ClNO/c16-14-6-4-12(5-7-14)15(18)13-3-1-2-11(10-13)8-9-17/h1-7,10,15,18H,8-9,17H2. The van der Waals surface area contributed by atoms with Gasteiger partial charge in [0.2, 0.25) is 0 Å². The van der Waals surface area contributed by atoms with Gasteiger partial charge in [-0.25, -0.2) is 0 Å². The van der Waals surface area contributed by atoms with E-state index in [0.29, 0.717) is 11.6 Å². The molecule has 94 valence electrons. The molecular formula is C15H16ClNO. The molecule has 2 aromatic rings. The molecule has 0 bridgehead atoms. The summed E-state index contributed by atoms with van der Waals surface area (Å²) in [6.45, 7) is 0.612. The van der Waals surface area contributed by atoms with Gasteiger partial charge in [-0.3, -0.25) is 0 Å². The minimum absolute atomic E-state index is 0.612. The third-order valence-electron chi connectivity index (χ3n) is 2.89. The van der Waals surface area contributed by atoms with Crippen LogP contribution in [0.1, 0.15) is 22.8 Å². The van der Waals surface area contributed by atoms with Crippen LogP contribution in [0.2, 0.25) is 5.02 Å². The predicted octanol–water partition coefficient (Wildman–Crippen LogP) is 2.92. The molecule has 1 unspecified atom stereocenters. The molecule has 0 aromatic heterocycles. The summed E-state index contributed by atoms with van der Waals surface area (Å²) in [4.78, 5) is 0. The number of halogens is 1. The molecule has 2 rings (SSSR count). The fourth-order valence-corrected chi connectivity index (χ4v) is 2.05. The first-order valence-electron chi connectivity index (χ1n) is 5.93. The Morgan fingerprint density at radius 1 is 1.06 bits per heavy atom. The van der Waals surface area contributed by atoms with E-state index in [4.69, 9.17) is 17.3 Å². The predicted molar refractivity (Wildman–Crippen MR) is 74.7 cm³/mol. The molecule has 0 saturated heterocycles. The smallest absolute Gasteiger partial charge is 0.104 e. The highest BCUT2D eigenvalue weighted by Crippen LogP contribution is 2.24. The monoisotopic (exact) mass is 261 g/mol. The summed E-state index contributed by atoms with van der Waals surface area (Å²) < 4.78 is 0. The lowest BCUT2D eigenvalue weighted by Gasteiger charge is -2.12. The zero-order valence-electron chi connectivity index (χ0n) is 10.0. The number of rotatable bonds is 4. The lowest BCUT2D eigenvalue weighted by Crippen LogP contribution is -2.04. The van der Waals surface area contributed by atoms with Crippen molar-refractivity contribution >= 4 is 11.6 Å². The largest absolute Gasteiger partial charge is 0.384 e. The van der Waals surface area contributed by atoms with Crippen molar-refractivity contribution < 1.29 is 5.11 Å². The minimum Gasteiger partial charge on any atom is -0.384 e. The van der Waals surface area contributed by atoms with Gasteiger partial charge in [-0.05, 0) is 41.8 Å². The highest BCUT2D eigenvalue weighted by atomic mass is 35.5. The summed E-state index contributed by atoms with van der Waals surface area (Å²) in [6.07, 6.45) is 0.196. The Morgan fingerprint density at radius 2 is 1.78 bits per heavy atom. The quantitative estimate of drug-likeness (QED) is 0.889. The average Bonchev–Trinajstić information content (AvgIpc) is 2.39. The van der Waals surface area contributed by atoms with E-state index in [1.807, 2.05) is 36.4 Å². The SMILES string of the molecule is NCCc1cccc(C(O)c2ccc(Cl)cc2)c1. The molecule has 0 aliphatic carbocycles. The molecule has 0 fully saturated rings. The maximum absolute atomic E-state index is 10.3. The normalized spacial score (nSPS) is 12.4. The van der Waals surface area contributed by atoms with E-state index < -0.39 is 6.10 Å². The summed E-state index contributed by atoms with van der Waals surface area (Å²) in [6, 6.07) is 15.1. The minimum atomic E-state index is -0.625. The van der Waals surface area contributed by atoms with Crippen LogP contribution in [0.4, 0.5) is 0 Å². The zero-order chi connectivity index (χ0) is 13.0. The Bertz CT molecular complexity index is 510. The van der Waals surface area contributed by atoms with Gasteiger partial charge in [0.05, 0.1) is 0 Å². The van der Waals surface area contributed by atoms with Crippen molar-refractivity contribution in [2.75, 3.05) is 6.54 Å². The van der Waals surface area contributed by atoms with Gasteiger partial charge < -0.3 is 10.8 Å². The van der Waals surface area contributed by atoms with Crippen LogP contribution in [0.25, 0.3) is 0 Å². The second kappa shape index (κ2) is 6.01. The third-order valence-corrected chi connectivity index (χ3v) is 3.14. The van der Waals surface area contributed by atoms with Crippen molar-refractivity contribution in [3.8, 4) is 0 Å². The number of hydrogen-bond acceptors (Lipinski definition) is 2. The van der Waals surface area contributed by atoms with Crippen molar-refractivity contribution in [1.29, 1.82) is 0 Å². The van der Waals surface area contributed by atoms with E-state index in [2.05, 4.69) is 0 Å². The van der Waals surface area contributed by atoms with Crippen LogP contribution in [0.15, 0.2) is 48.5 Å². The van der Waals surface area contributed by atoms with Gasteiger partial charge in [0.1, 0.15) is 6.10 Å². The Kier molecular flexibility index (Phi) is 4.37. The molecule has 0 radical (unpaired) electrons. The van der Waals surface area contributed by atoms with Crippen LogP contribution < -0.4 is 5.73 Å². The van der Waals surface area contributed by atoms with Gasteiger partial charge in [0.25, 0.3) is 0 Å². The molecule has 0 aliphatic heterocycles. The van der Waals surface area contributed by atoms with Crippen molar-refractivity contribution in [1.82, 2.24) is 0 Å². The van der Waals surface area contributed by atoms with Gasteiger partial charge in [-0.1, -0.05) is 48.0 Å². The zero-order valence-corrected chi connectivity index (χ0v) is 10.8. The van der Waals surface area contributed by atoms with Gasteiger partial charge in [-0.15, -0.1) is 0 Å². The van der Waals surface area contributed by atoms with E-state index in [1.165, 1.54) is 0 Å². The van der Waals surface area contributed by atoms with E-state index >= 15 is 0 Å². The van der Waals surface area contributed by atoms with Crippen molar-refractivity contribution in [2.45, 2.75) is 12.5 Å².